The zero-order valence-electron chi connectivity index (χ0n) is 49.8. The summed E-state index contributed by atoms with van der Waals surface area (Å²) in [7, 11) is 9.12. The predicted octanol–water partition coefficient (Wildman–Crippen LogP) is 14.0. The Morgan fingerprint density at radius 2 is 0.622 bits per heavy atom. The Bertz CT molecular complexity index is 3430. The fourth-order valence-electron chi connectivity index (χ4n) is 13.3. The second-order valence-corrected chi connectivity index (χ2v) is 23.0. The van der Waals surface area contributed by atoms with Crippen LogP contribution in [0.4, 0.5) is 0 Å². The lowest BCUT2D eigenvalue weighted by atomic mass is 9.73. The zero-order valence-corrected chi connectivity index (χ0v) is 49.8. The third kappa shape index (κ3) is 10.7. The summed E-state index contributed by atoms with van der Waals surface area (Å²) >= 11 is 0. The van der Waals surface area contributed by atoms with Crippen LogP contribution in [0.2, 0.25) is 0 Å². The molecule has 3 aliphatic rings. The number of aliphatic hydroxyl groups is 1. The summed E-state index contributed by atoms with van der Waals surface area (Å²) in [6, 6.07) is 65.9. The van der Waals surface area contributed by atoms with Crippen LogP contribution in [0.15, 0.2) is 188 Å². The number of aryl methyl sites for hydroxylation is 3. The number of phenols is 3. The Morgan fingerprint density at radius 3 is 0.915 bits per heavy atom. The molecule has 0 bridgehead atoms. The fourth-order valence-corrected chi connectivity index (χ4v) is 13.3. The zero-order chi connectivity index (χ0) is 58.5. The van der Waals surface area contributed by atoms with Gasteiger partial charge in [-0.2, -0.15) is 0 Å². The van der Waals surface area contributed by atoms with Crippen molar-refractivity contribution in [2.45, 2.75) is 70.9 Å². The monoisotopic (exact) mass is 1090 g/mol. The van der Waals surface area contributed by atoms with E-state index in [0.717, 1.165) is 77.8 Å². The number of aromatic hydroxyl groups is 3. The molecule has 12 rings (SSSR count). The van der Waals surface area contributed by atoms with Gasteiger partial charge < -0.3 is 40.9 Å². The number of likely N-dealkylation sites (N-methyl/N-ethyl adjacent to an activating group) is 4. The van der Waals surface area contributed by atoms with Gasteiger partial charge in [0.25, 0.3) is 0 Å². The van der Waals surface area contributed by atoms with E-state index < -0.39 is 10.8 Å². The van der Waals surface area contributed by atoms with Crippen molar-refractivity contribution >= 4 is 0 Å². The molecule has 9 aromatic carbocycles. The molecule has 8 nitrogen and oxygen atoms in total. The van der Waals surface area contributed by atoms with Gasteiger partial charge in [0.2, 0.25) is 0 Å². The van der Waals surface area contributed by atoms with Crippen molar-refractivity contribution < 1.29 is 20.4 Å². The molecule has 0 aliphatic heterocycles. The van der Waals surface area contributed by atoms with Gasteiger partial charge in [-0.15, -0.1) is 0 Å². The van der Waals surface area contributed by atoms with Crippen LogP contribution in [-0.2, 0) is 29.3 Å². The summed E-state index contributed by atoms with van der Waals surface area (Å²) in [6.07, 6.45) is 0. The number of hydrogen-bond acceptors (Lipinski definition) is 8. The number of nitrogens with one attached hydrogen (secondary N) is 2. The summed E-state index contributed by atoms with van der Waals surface area (Å²) in [5.41, 5.74) is 21.9. The van der Waals surface area contributed by atoms with E-state index in [2.05, 4.69) is 252 Å². The number of phenolic OH excluding ortho intramolecular Hbond substituents is 3. The van der Waals surface area contributed by atoms with Crippen molar-refractivity contribution in [2.24, 2.45) is 0 Å². The molecular formula is C74H82N4O4. The van der Waals surface area contributed by atoms with Crippen LogP contribution in [0, 0.1) is 20.8 Å². The molecule has 422 valence electrons. The molecule has 0 saturated carbocycles. The maximum Gasteiger partial charge on any atom is 0.124 e. The second kappa shape index (κ2) is 24.7. The SMILES string of the molecule is CNCCNC.CO.Cc1cc(CN(C)CCN(C)Cc2cc(C)cc(C3(C)c4ccccc4-c4ccccc43)c2O)c(O)c(C2(C)c3ccccc3-c3ccccc32)c1.Cc1ccc(O)c(C2(C)c3ccccc3-c3ccccc32)c1. The first-order chi connectivity index (χ1) is 39.5. The average Bonchev–Trinajstić information content (AvgIpc) is 2.15. The minimum absolute atomic E-state index is 0.316. The van der Waals surface area contributed by atoms with E-state index in [-0.39, 0.29) is 5.41 Å². The van der Waals surface area contributed by atoms with E-state index >= 15 is 0 Å². The number of aliphatic hydroxyl groups excluding tert-OH is 1. The highest BCUT2D eigenvalue weighted by Gasteiger charge is 2.45. The minimum atomic E-state index is -0.453. The van der Waals surface area contributed by atoms with Crippen LogP contribution < -0.4 is 10.6 Å². The van der Waals surface area contributed by atoms with Crippen LogP contribution in [0.5, 0.6) is 17.2 Å². The molecule has 0 fully saturated rings. The lowest BCUT2D eigenvalue weighted by molar-refractivity contribution is 0.243. The molecule has 0 aromatic heterocycles. The maximum atomic E-state index is 12.0. The van der Waals surface area contributed by atoms with E-state index in [4.69, 9.17) is 5.11 Å². The van der Waals surface area contributed by atoms with Gasteiger partial charge in [-0.05, 0) is 143 Å². The fraction of sp³-hybridized carbons (Fsp3) is 0.270. The van der Waals surface area contributed by atoms with Gasteiger partial charge in [-0.25, -0.2) is 0 Å². The van der Waals surface area contributed by atoms with Gasteiger partial charge in [-0.1, -0.05) is 199 Å². The van der Waals surface area contributed by atoms with Crippen LogP contribution in [-0.4, -0.2) is 91.7 Å². The normalized spacial score (nSPS) is 13.9. The highest BCUT2D eigenvalue weighted by atomic mass is 16.3. The Labute approximate surface area is 487 Å². The van der Waals surface area contributed by atoms with Crippen molar-refractivity contribution in [3.05, 3.63) is 266 Å². The Kier molecular flexibility index (Phi) is 17.7. The first-order valence-corrected chi connectivity index (χ1v) is 28.7. The lowest BCUT2D eigenvalue weighted by Crippen LogP contribution is -2.31. The van der Waals surface area contributed by atoms with Crippen molar-refractivity contribution in [3.8, 4) is 50.6 Å². The predicted molar refractivity (Wildman–Crippen MR) is 339 cm³/mol. The molecule has 6 N–H and O–H groups in total. The number of rotatable bonds is 13. The van der Waals surface area contributed by atoms with Crippen LogP contribution in [0.1, 0.15) is 98.7 Å². The summed E-state index contributed by atoms with van der Waals surface area (Å²) in [4.78, 5) is 4.56. The van der Waals surface area contributed by atoms with E-state index in [1.54, 1.807) is 6.07 Å². The smallest absolute Gasteiger partial charge is 0.124 e. The lowest BCUT2D eigenvalue weighted by Gasteiger charge is -2.31. The highest BCUT2D eigenvalue weighted by molar-refractivity contribution is 5.86. The molecule has 8 heteroatoms. The summed E-state index contributed by atoms with van der Waals surface area (Å²) in [5, 5.41) is 47.4. The van der Waals surface area contributed by atoms with Gasteiger partial charge >= 0.3 is 0 Å². The van der Waals surface area contributed by atoms with Crippen LogP contribution >= 0.6 is 0 Å². The van der Waals surface area contributed by atoms with Gasteiger partial charge in [0.1, 0.15) is 17.2 Å². The summed E-state index contributed by atoms with van der Waals surface area (Å²) in [6.45, 7) is 18.0. The molecule has 0 atom stereocenters. The molecule has 0 heterocycles. The Balaban J connectivity index is 0.000000222. The standard InChI is InChI=1S/C48H48N2O2.C21H18O.C4H12N2.CH4O/c1-31-25-33(45(51)43(27-31)47(3)39-19-11-7-15-35(39)36-16-8-12-20-40(36)47)29-49(5)23-24-50(6)30-34-26-32(2)28-44(46(34)52)48(4)41-21-13-9-17-37(41)38-18-10-14-22-42(38)48;1-14-11-12-20(22)19(13-14)21(2)17-9-5-3-7-15(17)16-8-4-6-10-18(16)21;1-5-3-4-6-2;1-2/h7-22,25-28,51-52H,23-24,29-30H2,1-6H3;3-13,22H,1-2H3;5-6H,3-4H2,1-2H3;2H,1H3. The van der Waals surface area contributed by atoms with E-state index in [0.29, 0.717) is 30.3 Å². The molecule has 9 aromatic rings. The van der Waals surface area contributed by atoms with Crippen molar-refractivity contribution in [1.29, 1.82) is 0 Å². The molecule has 3 aliphatic carbocycles. The van der Waals surface area contributed by atoms with E-state index in [1.807, 2.05) is 20.2 Å². The number of fused-ring (bicyclic) bond motifs is 9. The largest absolute Gasteiger partial charge is 0.508 e. The molecule has 0 spiro atoms. The van der Waals surface area contributed by atoms with E-state index in [9.17, 15) is 15.3 Å². The molecule has 0 radical (unpaired) electrons. The van der Waals surface area contributed by atoms with Gasteiger partial charge in [0.05, 0.1) is 0 Å². The number of nitrogens with zero attached hydrogens (tertiary/aromatic N) is 2. The molecule has 0 saturated heterocycles. The quantitative estimate of drug-likeness (QED) is 0.0634. The Hall–Kier alpha value is -7.82. The third-order valence-corrected chi connectivity index (χ3v) is 17.5. The highest BCUT2D eigenvalue weighted by Crippen LogP contribution is 2.57. The average molecular weight is 1090 g/mol. The maximum absolute atomic E-state index is 12.0. The molecule has 0 unspecified atom stereocenters. The molecule has 82 heavy (non-hydrogen) atoms. The van der Waals surface area contributed by atoms with Crippen LogP contribution in [0.25, 0.3) is 33.4 Å². The minimum Gasteiger partial charge on any atom is -0.508 e. The first kappa shape index (κ1) is 58.8. The third-order valence-electron chi connectivity index (χ3n) is 17.5. The van der Waals surface area contributed by atoms with Crippen molar-refractivity contribution in [1.82, 2.24) is 20.4 Å². The van der Waals surface area contributed by atoms with Gasteiger partial charge in [0, 0.05) is 90.4 Å². The molecular weight excluding hydrogens is 1010 g/mol. The van der Waals surface area contributed by atoms with Gasteiger partial charge in [0.15, 0.2) is 0 Å². The van der Waals surface area contributed by atoms with E-state index in [1.165, 1.54) is 66.8 Å². The van der Waals surface area contributed by atoms with Crippen LogP contribution in [0.3, 0.4) is 0 Å². The number of hydrogen-bond donors (Lipinski definition) is 6. The second-order valence-electron chi connectivity index (χ2n) is 23.0. The number of benzene rings is 9. The summed E-state index contributed by atoms with van der Waals surface area (Å²) < 4.78 is 0. The topological polar surface area (TPSA) is 111 Å². The van der Waals surface area contributed by atoms with Crippen molar-refractivity contribution in [3.63, 3.8) is 0 Å². The Morgan fingerprint density at radius 1 is 0.354 bits per heavy atom. The van der Waals surface area contributed by atoms with Gasteiger partial charge in [-0.3, -0.25) is 0 Å². The van der Waals surface area contributed by atoms with Crippen molar-refractivity contribution in [2.75, 3.05) is 61.5 Å². The summed E-state index contributed by atoms with van der Waals surface area (Å²) in [5.74, 6) is 1.11. The first-order valence-electron chi connectivity index (χ1n) is 28.7. The molecule has 0 amide bonds.